The van der Waals surface area contributed by atoms with Gasteiger partial charge in [0.05, 0.1) is 52.9 Å². The molecule has 0 heterocycles. The Balaban J connectivity index is -0.00000112. The van der Waals surface area contributed by atoms with E-state index in [2.05, 4.69) is 0 Å². The van der Waals surface area contributed by atoms with Gasteiger partial charge in [-0.25, -0.2) is 0 Å². The Morgan fingerprint density at radius 3 is 1.88 bits per heavy atom. The van der Waals surface area contributed by atoms with Gasteiger partial charge in [-0.3, -0.25) is 4.18 Å². The molecule has 0 unspecified atom stereocenters. The van der Waals surface area contributed by atoms with Gasteiger partial charge < -0.3 is 20.7 Å². The molecule has 0 aromatic carbocycles. The van der Waals surface area contributed by atoms with E-state index in [1.807, 2.05) is 0 Å². The maximum atomic E-state index is 8.41. The first-order valence-corrected chi connectivity index (χ1v) is 5.67. The Morgan fingerprint density at radius 2 is 1.41 bits per heavy atom. The summed E-state index contributed by atoms with van der Waals surface area (Å²) < 4.78 is 20.1. The summed E-state index contributed by atoms with van der Waals surface area (Å²) in [5.74, 6) is 0. The van der Waals surface area contributed by atoms with Crippen LogP contribution >= 0.6 is 12.0 Å². The smallest absolute Gasteiger partial charge is 1.00 e. The van der Waals surface area contributed by atoms with Crippen molar-refractivity contribution >= 4 is 12.0 Å². The largest absolute Gasteiger partial charge is 1.00 e. The van der Waals surface area contributed by atoms with Gasteiger partial charge in [-0.05, 0) is 0 Å². The van der Waals surface area contributed by atoms with Gasteiger partial charge >= 0.3 is 29.6 Å². The molecule has 17 heavy (non-hydrogen) atoms. The number of rotatable bonds is 12. The summed E-state index contributed by atoms with van der Waals surface area (Å²) in [7, 11) is 0. The van der Waals surface area contributed by atoms with Crippen LogP contribution in [0.25, 0.3) is 0 Å². The maximum Gasteiger partial charge on any atom is 1.00 e. The molecule has 0 aromatic rings. The number of hydrogen-bond donors (Lipinski definition) is 1. The number of aliphatic hydroxyl groups is 1. The Kier molecular flexibility index (Phi) is 22.3. The van der Waals surface area contributed by atoms with E-state index in [-0.39, 0.29) is 37.6 Å². The first-order valence-electron chi connectivity index (χ1n) is 4.93. The summed E-state index contributed by atoms with van der Waals surface area (Å²) in [6.45, 7) is 3.15. The van der Waals surface area contributed by atoms with E-state index in [0.29, 0.717) is 46.2 Å². The molecule has 0 aliphatic carbocycles. The van der Waals surface area contributed by atoms with Crippen molar-refractivity contribution in [1.29, 1.82) is 5.26 Å². The van der Waals surface area contributed by atoms with Gasteiger partial charge in [0, 0.05) is 0 Å². The molecule has 8 heteroatoms. The molecule has 0 amide bonds. The number of nitrogens with zero attached hydrogens (tertiary/aromatic N) is 1. The van der Waals surface area contributed by atoms with E-state index in [4.69, 9.17) is 28.8 Å². The molecule has 0 atom stereocenters. The molecule has 0 saturated heterocycles. The van der Waals surface area contributed by atoms with Crippen LogP contribution in [0, 0.1) is 10.7 Å². The van der Waals surface area contributed by atoms with Gasteiger partial charge in [-0.2, -0.15) is 5.26 Å². The van der Waals surface area contributed by atoms with E-state index in [0.717, 1.165) is 12.0 Å². The number of aliphatic hydroxyl groups excluding tert-OH is 1. The number of thiocyanates is 1. The number of hydrogen-bond acceptors (Lipinski definition) is 7. The minimum absolute atomic E-state index is 0. The van der Waals surface area contributed by atoms with E-state index >= 15 is 0 Å². The standard InChI is InChI=1S/C9H17NO5S.Na.H/c10-9-16-15-8-7-14-6-5-13-4-3-12-2-1-11;;/h11H,1-8H2;;/q;+1;-1. The molecule has 0 aliphatic rings. The predicted octanol–water partition coefficient (Wildman–Crippen LogP) is -2.71. The molecule has 0 aliphatic heterocycles. The van der Waals surface area contributed by atoms with Crippen LogP contribution in [0.5, 0.6) is 0 Å². The second kappa shape index (κ2) is 19.0. The number of ether oxygens (including phenoxy) is 3. The van der Waals surface area contributed by atoms with Crippen molar-refractivity contribution in [2.24, 2.45) is 0 Å². The Morgan fingerprint density at radius 1 is 0.941 bits per heavy atom. The summed E-state index contributed by atoms with van der Waals surface area (Å²) in [6, 6.07) is 0. The van der Waals surface area contributed by atoms with Crippen molar-refractivity contribution in [1.82, 2.24) is 0 Å². The fraction of sp³-hybridized carbons (Fsp3) is 0.889. The summed E-state index contributed by atoms with van der Waals surface area (Å²) >= 11 is 0.745. The second-order valence-corrected chi connectivity index (χ2v) is 3.14. The molecule has 0 rings (SSSR count). The zero-order valence-corrected chi connectivity index (χ0v) is 12.9. The molecular weight excluding hydrogens is 257 g/mol. The molecule has 6 nitrogen and oxygen atoms in total. The van der Waals surface area contributed by atoms with Crippen molar-refractivity contribution in [2.75, 3.05) is 52.9 Å². The maximum absolute atomic E-state index is 8.41. The van der Waals surface area contributed by atoms with Crippen LogP contribution < -0.4 is 29.6 Å². The minimum Gasteiger partial charge on any atom is -1.00 e. The van der Waals surface area contributed by atoms with Crippen LogP contribution in [0.3, 0.4) is 0 Å². The Bertz CT molecular complexity index is 187. The average molecular weight is 275 g/mol. The van der Waals surface area contributed by atoms with Crippen LogP contribution in [-0.4, -0.2) is 58.0 Å². The summed E-state index contributed by atoms with van der Waals surface area (Å²) in [5.41, 5.74) is 0. The molecule has 0 fully saturated rings. The number of nitriles is 1. The molecule has 1 N–H and O–H groups in total. The van der Waals surface area contributed by atoms with Gasteiger partial charge in [-0.15, -0.1) is 0 Å². The first-order chi connectivity index (χ1) is 7.91. The van der Waals surface area contributed by atoms with Crippen LogP contribution in [0.15, 0.2) is 0 Å². The molecule has 0 spiro atoms. The summed E-state index contributed by atoms with van der Waals surface area (Å²) in [6.07, 6.45) is 0. The molecule has 0 aromatic heterocycles. The second-order valence-electron chi connectivity index (χ2n) is 2.56. The van der Waals surface area contributed by atoms with E-state index in [1.165, 1.54) is 0 Å². The zero-order chi connectivity index (χ0) is 11.9. The molecule has 0 radical (unpaired) electrons. The SMILES string of the molecule is N#CSOCCOCCOCCOCCO.[H-].[Na+]. The van der Waals surface area contributed by atoms with Crippen molar-refractivity contribution < 1.29 is 54.5 Å². The normalized spacial score (nSPS) is 9.65. The fourth-order valence-corrected chi connectivity index (χ4v) is 0.971. The third kappa shape index (κ3) is 19.2. The zero-order valence-electron chi connectivity index (χ0n) is 11.1. The van der Waals surface area contributed by atoms with Gasteiger partial charge in [0.2, 0.25) is 0 Å². The van der Waals surface area contributed by atoms with E-state index in [1.54, 1.807) is 5.40 Å². The Hall–Kier alpha value is 0.640. The van der Waals surface area contributed by atoms with E-state index < -0.39 is 0 Å². The average Bonchev–Trinajstić information content (AvgIpc) is 2.31. The van der Waals surface area contributed by atoms with Crippen LogP contribution in [0.4, 0.5) is 0 Å². The van der Waals surface area contributed by atoms with Gasteiger partial charge in [0.1, 0.15) is 12.0 Å². The topological polar surface area (TPSA) is 80.9 Å². The van der Waals surface area contributed by atoms with Crippen LogP contribution in [0.1, 0.15) is 1.43 Å². The summed E-state index contributed by atoms with van der Waals surface area (Å²) in [5, 5.41) is 18.3. The van der Waals surface area contributed by atoms with Crippen molar-refractivity contribution in [3.8, 4) is 5.40 Å². The van der Waals surface area contributed by atoms with Gasteiger partial charge in [-0.1, -0.05) is 0 Å². The minimum atomic E-state index is 0. The molecular formula is C9H18NNaO5S. The van der Waals surface area contributed by atoms with Crippen molar-refractivity contribution in [2.45, 2.75) is 0 Å². The third-order valence-electron chi connectivity index (χ3n) is 1.39. The third-order valence-corrected chi connectivity index (χ3v) is 1.75. The van der Waals surface area contributed by atoms with Crippen LogP contribution in [-0.2, 0) is 18.4 Å². The van der Waals surface area contributed by atoms with Crippen LogP contribution in [0.2, 0.25) is 0 Å². The van der Waals surface area contributed by atoms with Gasteiger partial charge in [0.15, 0.2) is 5.40 Å². The molecule has 0 bridgehead atoms. The molecule has 0 saturated carbocycles. The quantitative estimate of drug-likeness (QED) is 0.179. The fourth-order valence-electron chi connectivity index (χ4n) is 0.767. The predicted molar refractivity (Wildman–Crippen MR) is 59.8 cm³/mol. The van der Waals surface area contributed by atoms with Crippen molar-refractivity contribution in [3.05, 3.63) is 0 Å². The first kappa shape index (κ1) is 20.0. The van der Waals surface area contributed by atoms with E-state index in [9.17, 15) is 0 Å². The Labute approximate surface area is 130 Å². The molecule has 96 valence electrons. The summed E-state index contributed by atoms with van der Waals surface area (Å²) in [4.78, 5) is 0. The van der Waals surface area contributed by atoms with Crippen molar-refractivity contribution in [3.63, 3.8) is 0 Å². The monoisotopic (exact) mass is 275 g/mol. The van der Waals surface area contributed by atoms with Gasteiger partial charge in [0.25, 0.3) is 0 Å².